The number of carbonyl (C=O) groups is 2. The second-order valence-corrected chi connectivity index (χ2v) is 3.57. The third kappa shape index (κ3) is 2.33. The van der Waals surface area contributed by atoms with Gasteiger partial charge in [-0.05, 0) is 13.0 Å². The highest BCUT2D eigenvalue weighted by Crippen LogP contribution is 2.32. The number of hydrogen-bond acceptors (Lipinski definition) is 6. The van der Waals surface area contributed by atoms with Crippen molar-refractivity contribution in [2.75, 3.05) is 6.61 Å². The second kappa shape index (κ2) is 5.34. The van der Waals surface area contributed by atoms with Crippen LogP contribution in [-0.2, 0) is 9.53 Å². The van der Waals surface area contributed by atoms with Gasteiger partial charge in [0.25, 0.3) is 6.47 Å². The van der Waals surface area contributed by atoms with Gasteiger partial charge in [0, 0.05) is 11.6 Å². The maximum Gasteiger partial charge on any atom is 0.342 e. The lowest BCUT2D eigenvalue weighted by atomic mass is 10.0. The Morgan fingerprint density at radius 1 is 1.42 bits per heavy atom. The first-order chi connectivity index (χ1) is 9.19. The highest BCUT2D eigenvalue weighted by Gasteiger charge is 2.23. The summed E-state index contributed by atoms with van der Waals surface area (Å²) in [6.45, 7) is 1.97. The topological polar surface area (TPSA) is 82.8 Å². The lowest BCUT2D eigenvalue weighted by Gasteiger charge is -2.12. The number of benzene rings is 1. The largest absolute Gasteiger partial charge is 0.472 e. The van der Waals surface area contributed by atoms with Crippen LogP contribution in [0.2, 0.25) is 0 Å². The molecular formula is C13H10O6. The second-order valence-electron chi connectivity index (χ2n) is 3.57. The van der Waals surface area contributed by atoms with Crippen molar-refractivity contribution in [2.24, 2.45) is 0 Å². The molecule has 0 bridgehead atoms. The molecule has 1 aliphatic heterocycles. The molecule has 0 aromatic carbocycles. The highest BCUT2D eigenvalue weighted by molar-refractivity contribution is 5.96. The summed E-state index contributed by atoms with van der Waals surface area (Å²) in [5, 5.41) is 0. The minimum Gasteiger partial charge on any atom is -0.472 e. The summed E-state index contributed by atoms with van der Waals surface area (Å²) in [5.74, 6) is -0.738. The van der Waals surface area contributed by atoms with E-state index in [0.717, 1.165) is 6.07 Å². The molecule has 0 unspecified atom stereocenters. The first kappa shape index (κ1) is 12.8. The number of esters is 1. The number of fused-ring (bicyclic) bond motifs is 1. The summed E-state index contributed by atoms with van der Waals surface area (Å²) in [7, 11) is 0. The summed E-state index contributed by atoms with van der Waals surface area (Å²) in [6.07, 6.45) is 2.54. The zero-order chi connectivity index (χ0) is 13.8. The first-order valence-corrected chi connectivity index (χ1v) is 5.49. The van der Waals surface area contributed by atoms with Crippen molar-refractivity contribution >= 4 is 12.4 Å². The molecule has 2 aliphatic rings. The smallest absolute Gasteiger partial charge is 0.342 e. The minimum atomic E-state index is -0.723. The molecule has 0 spiro atoms. The summed E-state index contributed by atoms with van der Waals surface area (Å²) in [6, 6.07) is 2.51. The Morgan fingerprint density at radius 2 is 2.21 bits per heavy atom. The highest BCUT2D eigenvalue weighted by atomic mass is 16.5. The van der Waals surface area contributed by atoms with Crippen LogP contribution in [-0.4, -0.2) is 19.0 Å². The van der Waals surface area contributed by atoms with E-state index in [0.29, 0.717) is 5.56 Å². The lowest BCUT2D eigenvalue weighted by Crippen LogP contribution is -2.15. The maximum atomic E-state index is 11.9. The van der Waals surface area contributed by atoms with E-state index < -0.39 is 11.4 Å². The van der Waals surface area contributed by atoms with E-state index >= 15 is 0 Å². The fourth-order valence-electron chi connectivity index (χ4n) is 1.71. The summed E-state index contributed by atoms with van der Waals surface area (Å²) < 4.78 is 14.5. The van der Waals surface area contributed by atoms with Gasteiger partial charge in [0.1, 0.15) is 11.8 Å². The average Bonchev–Trinajstić information content (AvgIpc) is 2.42. The van der Waals surface area contributed by atoms with Crippen LogP contribution in [0.15, 0.2) is 33.9 Å². The molecular weight excluding hydrogens is 252 g/mol. The molecule has 0 atom stereocenters. The van der Waals surface area contributed by atoms with Crippen LogP contribution in [0.3, 0.4) is 0 Å². The zero-order valence-corrected chi connectivity index (χ0v) is 10.0. The van der Waals surface area contributed by atoms with Crippen LogP contribution < -0.4 is 10.2 Å². The predicted octanol–water partition coefficient (Wildman–Crippen LogP) is 1.46. The van der Waals surface area contributed by atoms with E-state index in [1.54, 1.807) is 6.92 Å². The maximum absolute atomic E-state index is 11.9. The summed E-state index contributed by atoms with van der Waals surface area (Å²) in [5.41, 5.74) is 0.0274. The molecule has 6 heteroatoms. The van der Waals surface area contributed by atoms with Crippen molar-refractivity contribution < 1.29 is 23.5 Å². The Morgan fingerprint density at radius 3 is 2.89 bits per heavy atom. The van der Waals surface area contributed by atoms with Gasteiger partial charge >= 0.3 is 5.97 Å². The van der Waals surface area contributed by atoms with E-state index in [9.17, 15) is 14.4 Å². The van der Waals surface area contributed by atoms with Crippen LogP contribution in [0.25, 0.3) is 11.1 Å². The van der Waals surface area contributed by atoms with Gasteiger partial charge in [-0.15, -0.1) is 0 Å². The quantitative estimate of drug-likeness (QED) is 0.612. The monoisotopic (exact) mass is 262 g/mol. The lowest BCUT2D eigenvalue weighted by molar-refractivity contribution is -0.120. The third-order valence-corrected chi connectivity index (χ3v) is 2.48. The fourth-order valence-corrected chi connectivity index (χ4v) is 1.71. The molecule has 0 saturated carbocycles. The molecule has 0 aromatic heterocycles. The van der Waals surface area contributed by atoms with Crippen LogP contribution >= 0.6 is 0 Å². The molecule has 0 aromatic rings. The molecule has 0 N–H and O–H groups in total. The van der Waals surface area contributed by atoms with Crippen LogP contribution in [0, 0.1) is 0 Å². The standard InChI is InChI=1S/C13H10O6/c1-2-18-13(16)9-5-11(15)10-6-17-4-3-8(10)12(9)19-7-14/h3-7H,2H2,1H3. The van der Waals surface area contributed by atoms with Crippen molar-refractivity contribution in [1.82, 2.24) is 0 Å². The van der Waals surface area contributed by atoms with Crippen molar-refractivity contribution in [2.45, 2.75) is 6.92 Å². The van der Waals surface area contributed by atoms with Gasteiger partial charge in [0.2, 0.25) is 0 Å². The van der Waals surface area contributed by atoms with Crippen LogP contribution in [0.5, 0.6) is 5.75 Å². The van der Waals surface area contributed by atoms with E-state index in [-0.39, 0.29) is 30.0 Å². The SMILES string of the molecule is CCOC(=O)c1cc(=O)c2coccc-2c1OC=O. The summed E-state index contributed by atoms with van der Waals surface area (Å²) in [4.78, 5) is 34.2. The molecule has 1 aliphatic carbocycles. The van der Waals surface area contributed by atoms with Gasteiger partial charge in [0.15, 0.2) is 11.2 Å². The van der Waals surface area contributed by atoms with E-state index in [1.165, 1.54) is 18.6 Å². The first-order valence-electron chi connectivity index (χ1n) is 5.49. The molecule has 0 saturated heterocycles. The van der Waals surface area contributed by atoms with Gasteiger partial charge in [-0.25, -0.2) is 4.79 Å². The van der Waals surface area contributed by atoms with Gasteiger partial charge in [-0.1, -0.05) is 0 Å². The molecule has 0 fully saturated rings. The van der Waals surface area contributed by atoms with E-state index in [2.05, 4.69) is 0 Å². The van der Waals surface area contributed by atoms with Gasteiger partial charge < -0.3 is 13.9 Å². The Labute approximate surface area is 107 Å². The Kier molecular flexibility index (Phi) is 3.61. The number of carbonyl (C=O) groups excluding carboxylic acids is 2. The van der Waals surface area contributed by atoms with Crippen molar-refractivity contribution in [1.29, 1.82) is 0 Å². The Bertz CT molecular complexity index is 642. The fraction of sp³-hybridized carbons (Fsp3) is 0.154. The van der Waals surface area contributed by atoms with Gasteiger partial charge in [-0.3, -0.25) is 9.59 Å². The number of rotatable bonds is 4. The molecule has 6 nitrogen and oxygen atoms in total. The van der Waals surface area contributed by atoms with Crippen LogP contribution in [0.1, 0.15) is 17.3 Å². The number of ether oxygens (including phenoxy) is 2. The summed E-state index contributed by atoms with van der Waals surface area (Å²) >= 11 is 0. The van der Waals surface area contributed by atoms with E-state index in [4.69, 9.17) is 13.9 Å². The Balaban J connectivity index is 2.72. The van der Waals surface area contributed by atoms with E-state index in [1.807, 2.05) is 0 Å². The Hall–Kier alpha value is -2.63. The van der Waals surface area contributed by atoms with Crippen LogP contribution in [0.4, 0.5) is 0 Å². The van der Waals surface area contributed by atoms with Gasteiger partial charge in [-0.2, -0.15) is 0 Å². The number of hydrogen-bond donors (Lipinski definition) is 0. The van der Waals surface area contributed by atoms with Gasteiger partial charge in [0.05, 0.1) is 18.4 Å². The predicted molar refractivity (Wildman–Crippen MR) is 64.2 cm³/mol. The molecule has 1 heterocycles. The normalized spacial score (nSPS) is 10.2. The van der Waals surface area contributed by atoms with Crippen molar-refractivity contribution in [3.8, 4) is 16.9 Å². The molecule has 19 heavy (non-hydrogen) atoms. The van der Waals surface area contributed by atoms with Crippen molar-refractivity contribution in [3.63, 3.8) is 0 Å². The average molecular weight is 262 g/mol. The third-order valence-electron chi connectivity index (χ3n) is 2.48. The molecule has 0 radical (unpaired) electrons. The molecule has 98 valence electrons. The van der Waals surface area contributed by atoms with Crippen molar-refractivity contribution in [3.05, 3.63) is 40.4 Å². The molecule has 0 amide bonds. The minimum absolute atomic E-state index is 0.0150. The molecule has 2 rings (SSSR count). The zero-order valence-electron chi connectivity index (χ0n) is 10.0.